The Morgan fingerprint density at radius 3 is 2.33 bits per heavy atom. The molecule has 0 radical (unpaired) electrons. The molecule has 1 fully saturated rings. The zero-order valence-corrected chi connectivity index (χ0v) is 24.1. The van der Waals surface area contributed by atoms with Crippen LogP contribution in [0.3, 0.4) is 0 Å². The molecule has 2 heterocycles. The molecule has 4 aromatic rings. The number of carbonyl (C=O) groups excluding carboxylic acids is 2. The standard InChI is InChI=1S/C32H29N3O7S/c1-42-21-9-5-8-18-24(21)30(40)26-25(27(18)37)28(38)19-14-32(41,15-20(36)23(19)29(26)39)22-16-43-31(33-22)35-12-10-34(11-13-35)17-6-3-2-4-7-17/h2-9,16,20,36,38-39,41H,10-15H2,1H3/t20-,32-/m0/s1. The van der Waals surface area contributed by atoms with Gasteiger partial charge in [0.05, 0.1) is 35.6 Å². The number of aliphatic hydroxyl groups excluding tert-OH is 1. The summed E-state index contributed by atoms with van der Waals surface area (Å²) in [6, 6.07) is 14.7. The van der Waals surface area contributed by atoms with Crippen molar-refractivity contribution in [3.05, 3.63) is 93.0 Å². The molecule has 1 saturated heterocycles. The number of anilines is 2. The maximum absolute atomic E-state index is 13.6. The van der Waals surface area contributed by atoms with Crippen molar-refractivity contribution in [3.8, 4) is 17.2 Å². The van der Waals surface area contributed by atoms with Gasteiger partial charge in [-0.2, -0.15) is 0 Å². The first-order chi connectivity index (χ1) is 20.7. The van der Waals surface area contributed by atoms with Gasteiger partial charge in [-0.3, -0.25) is 9.59 Å². The number of ketones is 2. The molecule has 0 spiro atoms. The maximum Gasteiger partial charge on any atom is 0.202 e. The maximum atomic E-state index is 13.6. The van der Waals surface area contributed by atoms with Crippen molar-refractivity contribution in [2.45, 2.75) is 24.5 Å². The number of aromatic hydroxyl groups is 2. The number of piperazine rings is 1. The largest absolute Gasteiger partial charge is 0.507 e. The lowest BCUT2D eigenvalue weighted by Gasteiger charge is -2.37. The Balaban J connectivity index is 1.20. The van der Waals surface area contributed by atoms with Crippen LogP contribution in [0, 0.1) is 0 Å². The minimum atomic E-state index is -1.69. The monoisotopic (exact) mass is 599 g/mol. The first-order valence-corrected chi connectivity index (χ1v) is 14.9. The van der Waals surface area contributed by atoms with E-state index in [9.17, 15) is 30.0 Å². The summed E-state index contributed by atoms with van der Waals surface area (Å²) in [6.07, 6.45) is -1.88. The highest BCUT2D eigenvalue weighted by Gasteiger charge is 2.47. The lowest BCUT2D eigenvalue weighted by atomic mass is 9.72. The number of para-hydroxylation sites is 1. The number of ether oxygens (including phenoxy) is 1. The van der Waals surface area contributed by atoms with E-state index in [1.54, 1.807) is 11.4 Å². The zero-order valence-electron chi connectivity index (χ0n) is 23.3. The van der Waals surface area contributed by atoms with Crippen LogP contribution < -0.4 is 14.5 Å². The summed E-state index contributed by atoms with van der Waals surface area (Å²) in [7, 11) is 1.37. The van der Waals surface area contributed by atoms with Crippen molar-refractivity contribution in [3.63, 3.8) is 0 Å². The number of aromatic nitrogens is 1. The van der Waals surface area contributed by atoms with E-state index in [2.05, 4.69) is 21.9 Å². The molecule has 0 amide bonds. The summed E-state index contributed by atoms with van der Waals surface area (Å²) in [4.78, 5) is 36.3. The predicted molar refractivity (Wildman–Crippen MR) is 160 cm³/mol. The van der Waals surface area contributed by atoms with Gasteiger partial charge in [0, 0.05) is 66.8 Å². The highest BCUT2D eigenvalue weighted by molar-refractivity contribution is 7.13. The van der Waals surface area contributed by atoms with Crippen molar-refractivity contribution >= 4 is 33.7 Å². The predicted octanol–water partition coefficient (Wildman–Crippen LogP) is 3.53. The second kappa shape index (κ2) is 10.1. The number of carbonyl (C=O) groups is 2. The fourth-order valence-electron chi connectivity index (χ4n) is 6.56. The fourth-order valence-corrected chi connectivity index (χ4v) is 7.53. The van der Waals surface area contributed by atoms with Gasteiger partial charge in [-0.1, -0.05) is 30.3 Å². The van der Waals surface area contributed by atoms with E-state index in [0.29, 0.717) is 5.69 Å². The number of fused-ring (bicyclic) bond motifs is 3. The van der Waals surface area contributed by atoms with E-state index in [1.165, 1.54) is 36.3 Å². The molecule has 43 heavy (non-hydrogen) atoms. The Morgan fingerprint density at radius 2 is 1.60 bits per heavy atom. The van der Waals surface area contributed by atoms with Gasteiger partial charge in [-0.15, -0.1) is 11.3 Å². The Morgan fingerprint density at radius 1 is 0.907 bits per heavy atom. The molecular formula is C32H29N3O7S. The minimum absolute atomic E-state index is 0.0102. The van der Waals surface area contributed by atoms with Crippen LogP contribution in [-0.4, -0.2) is 70.3 Å². The number of methoxy groups -OCH3 is 1. The Bertz CT molecular complexity index is 1780. The van der Waals surface area contributed by atoms with Crippen molar-refractivity contribution in [2.24, 2.45) is 0 Å². The molecule has 3 aliphatic rings. The number of rotatable bonds is 4. The minimum Gasteiger partial charge on any atom is -0.507 e. The van der Waals surface area contributed by atoms with E-state index < -0.39 is 34.8 Å². The first-order valence-electron chi connectivity index (χ1n) is 14.0. The van der Waals surface area contributed by atoms with Crippen LogP contribution in [0.25, 0.3) is 0 Å². The normalized spacial score (nSPS) is 21.3. The summed E-state index contributed by atoms with van der Waals surface area (Å²) in [5, 5.41) is 48.2. The lowest BCUT2D eigenvalue weighted by Crippen LogP contribution is -2.46. The van der Waals surface area contributed by atoms with Crippen molar-refractivity contribution < 1.29 is 34.8 Å². The zero-order chi connectivity index (χ0) is 30.0. The molecule has 0 unspecified atom stereocenters. The van der Waals surface area contributed by atoms with Crippen LogP contribution in [0.2, 0.25) is 0 Å². The van der Waals surface area contributed by atoms with Gasteiger partial charge < -0.3 is 35.0 Å². The van der Waals surface area contributed by atoms with Gasteiger partial charge in [-0.25, -0.2) is 4.98 Å². The fraction of sp³-hybridized carbons (Fsp3) is 0.281. The van der Waals surface area contributed by atoms with Crippen LogP contribution in [0.4, 0.5) is 10.8 Å². The third-order valence-electron chi connectivity index (χ3n) is 8.74. The summed E-state index contributed by atoms with van der Waals surface area (Å²) < 4.78 is 5.29. The van der Waals surface area contributed by atoms with Crippen LogP contribution in [-0.2, 0) is 12.0 Å². The molecular weight excluding hydrogens is 570 g/mol. The molecule has 0 saturated carbocycles. The molecule has 10 nitrogen and oxygen atoms in total. The smallest absolute Gasteiger partial charge is 0.202 e. The van der Waals surface area contributed by atoms with Gasteiger partial charge >= 0.3 is 0 Å². The van der Waals surface area contributed by atoms with E-state index in [-0.39, 0.29) is 52.0 Å². The van der Waals surface area contributed by atoms with Gasteiger partial charge in [0.25, 0.3) is 0 Å². The average molecular weight is 600 g/mol. The molecule has 1 aliphatic heterocycles. The second-order valence-electron chi connectivity index (χ2n) is 11.1. The number of nitrogens with zero attached hydrogens (tertiary/aromatic N) is 3. The van der Waals surface area contributed by atoms with Crippen LogP contribution >= 0.6 is 11.3 Å². The topological polar surface area (TPSA) is 144 Å². The van der Waals surface area contributed by atoms with Gasteiger partial charge in [-0.05, 0) is 18.2 Å². The Kier molecular flexibility index (Phi) is 6.42. The lowest BCUT2D eigenvalue weighted by molar-refractivity contribution is -0.0307. The van der Waals surface area contributed by atoms with Crippen LogP contribution in [0.15, 0.2) is 53.9 Å². The number of benzene rings is 3. The molecule has 220 valence electrons. The SMILES string of the molecule is COc1cccc2c1C(=O)c1c(O)c3c(c(O)c1C2=O)C[C@@](O)(c1csc(N2CCN(c4ccccc4)CC2)n1)C[C@@H]3O. The van der Waals surface area contributed by atoms with Crippen molar-refractivity contribution in [1.29, 1.82) is 0 Å². The summed E-state index contributed by atoms with van der Waals surface area (Å²) in [6.45, 7) is 3.12. The quantitative estimate of drug-likeness (QED) is 0.227. The van der Waals surface area contributed by atoms with Crippen molar-refractivity contribution in [1.82, 2.24) is 4.98 Å². The molecule has 2 aliphatic carbocycles. The second-order valence-corrected chi connectivity index (χ2v) is 12.0. The van der Waals surface area contributed by atoms with Gasteiger partial charge in [0.2, 0.25) is 5.78 Å². The van der Waals surface area contributed by atoms with Crippen LogP contribution in [0.1, 0.15) is 61.2 Å². The van der Waals surface area contributed by atoms with Crippen LogP contribution in [0.5, 0.6) is 17.2 Å². The van der Waals surface area contributed by atoms with Gasteiger partial charge in [0.15, 0.2) is 10.9 Å². The molecule has 11 heteroatoms. The van der Waals surface area contributed by atoms with E-state index >= 15 is 0 Å². The summed E-state index contributed by atoms with van der Waals surface area (Å²) >= 11 is 1.39. The first kappa shape index (κ1) is 27.4. The molecule has 2 atom stereocenters. The molecule has 3 aromatic carbocycles. The van der Waals surface area contributed by atoms with Gasteiger partial charge in [0.1, 0.15) is 22.8 Å². The molecule has 4 N–H and O–H groups in total. The number of phenolic OH excluding ortho intramolecular Hbond substituents is 2. The summed E-state index contributed by atoms with van der Waals surface area (Å²) in [5.41, 5.74) is -0.969. The number of phenols is 2. The average Bonchev–Trinajstić information content (AvgIpc) is 3.53. The van der Waals surface area contributed by atoms with E-state index in [0.717, 1.165) is 31.3 Å². The number of aliphatic hydroxyl groups is 2. The molecule has 0 bridgehead atoms. The Hall–Kier alpha value is -4.45. The third kappa shape index (κ3) is 4.18. The number of hydrogen-bond acceptors (Lipinski definition) is 11. The number of hydrogen-bond donors (Lipinski definition) is 4. The molecule has 7 rings (SSSR count). The highest BCUT2D eigenvalue weighted by atomic mass is 32.1. The molecule has 1 aromatic heterocycles. The summed E-state index contributed by atoms with van der Waals surface area (Å²) in [5.74, 6) is -2.31. The number of thiazole rings is 1. The Labute approximate surface area is 251 Å². The third-order valence-corrected chi connectivity index (χ3v) is 9.64. The van der Waals surface area contributed by atoms with E-state index in [1.807, 2.05) is 18.2 Å². The van der Waals surface area contributed by atoms with E-state index in [4.69, 9.17) is 9.72 Å². The highest BCUT2D eigenvalue weighted by Crippen LogP contribution is 2.53. The van der Waals surface area contributed by atoms with Crippen molar-refractivity contribution in [2.75, 3.05) is 43.1 Å².